The van der Waals surface area contributed by atoms with Gasteiger partial charge in [0.15, 0.2) is 5.69 Å². The Labute approximate surface area is 111 Å². The summed E-state index contributed by atoms with van der Waals surface area (Å²) in [7, 11) is 1.32. The van der Waals surface area contributed by atoms with Gasteiger partial charge in [-0.05, 0) is 37.1 Å². The van der Waals surface area contributed by atoms with E-state index in [1.807, 2.05) is 32.0 Å². The summed E-state index contributed by atoms with van der Waals surface area (Å²) in [6, 6.07) is 7.57. The Morgan fingerprint density at radius 1 is 1.26 bits per heavy atom. The monoisotopic (exact) mass is 257 g/mol. The van der Waals surface area contributed by atoms with Gasteiger partial charge >= 0.3 is 5.97 Å². The second-order valence-corrected chi connectivity index (χ2v) is 4.20. The van der Waals surface area contributed by atoms with Gasteiger partial charge in [0, 0.05) is 11.9 Å². The molecular weight excluding hydrogens is 242 g/mol. The van der Waals surface area contributed by atoms with Crippen molar-refractivity contribution in [3.8, 4) is 0 Å². The Morgan fingerprint density at radius 2 is 2.05 bits per heavy atom. The number of hydrogen-bond acceptors (Lipinski definition) is 5. The number of anilines is 2. The third-order valence-electron chi connectivity index (χ3n) is 2.69. The topological polar surface area (TPSA) is 64.1 Å². The minimum Gasteiger partial charge on any atom is -0.464 e. The predicted octanol–water partition coefficient (Wildman–Crippen LogP) is 2.62. The summed E-state index contributed by atoms with van der Waals surface area (Å²) >= 11 is 0. The lowest BCUT2D eigenvalue weighted by Gasteiger charge is -2.09. The van der Waals surface area contributed by atoms with Crippen molar-refractivity contribution in [1.29, 1.82) is 0 Å². The lowest BCUT2D eigenvalue weighted by atomic mass is 10.1. The van der Waals surface area contributed by atoms with Crippen molar-refractivity contribution in [1.82, 2.24) is 9.97 Å². The third kappa shape index (κ3) is 3.07. The molecule has 0 amide bonds. The van der Waals surface area contributed by atoms with Gasteiger partial charge in [0.2, 0.25) is 5.95 Å². The zero-order valence-corrected chi connectivity index (χ0v) is 11.1. The average molecular weight is 257 g/mol. The van der Waals surface area contributed by atoms with Crippen LogP contribution in [0.3, 0.4) is 0 Å². The van der Waals surface area contributed by atoms with Gasteiger partial charge in [-0.15, -0.1) is 0 Å². The fourth-order valence-electron chi connectivity index (χ4n) is 1.63. The standard InChI is InChI=1S/C14H15N3O2/c1-9-4-5-10(2)12(8-9)17-14-15-7-6-11(16-14)13(18)19-3/h4-8H,1-3H3,(H,15,16,17). The van der Waals surface area contributed by atoms with Crippen LogP contribution in [0.1, 0.15) is 21.6 Å². The van der Waals surface area contributed by atoms with Crippen LogP contribution in [0.5, 0.6) is 0 Å². The molecule has 1 aromatic carbocycles. The molecule has 1 aromatic heterocycles. The van der Waals surface area contributed by atoms with Crippen molar-refractivity contribution < 1.29 is 9.53 Å². The highest BCUT2D eigenvalue weighted by Gasteiger charge is 2.09. The number of aryl methyl sites for hydroxylation is 2. The second-order valence-electron chi connectivity index (χ2n) is 4.20. The molecule has 5 nitrogen and oxygen atoms in total. The molecule has 0 aliphatic rings. The van der Waals surface area contributed by atoms with Crippen LogP contribution < -0.4 is 5.32 Å². The van der Waals surface area contributed by atoms with Crippen molar-refractivity contribution >= 4 is 17.6 Å². The molecule has 1 heterocycles. The van der Waals surface area contributed by atoms with Crippen molar-refractivity contribution in [2.75, 3.05) is 12.4 Å². The molecule has 0 saturated carbocycles. The van der Waals surface area contributed by atoms with Crippen LogP contribution in [0.4, 0.5) is 11.6 Å². The van der Waals surface area contributed by atoms with Gasteiger partial charge in [0.1, 0.15) is 0 Å². The molecule has 0 atom stereocenters. The van der Waals surface area contributed by atoms with Crippen LogP contribution in [0, 0.1) is 13.8 Å². The van der Waals surface area contributed by atoms with Gasteiger partial charge in [0.25, 0.3) is 0 Å². The highest BCUT2D eigenvalue weighted by Crippen LogP contribution is 2.19. The number of rotatable bonds is 3. The molecule has 2 aromatic rings. The molecular formula is C14H15N3O2. The minimum absolute atomic E-state index is 0.227. The Balaban J connectivity index is 2.28. The molecule has 0 spiro atoms. The number of hydrogen-bond donors (Lipinski definition) is 1. The van der Waals surface area contributed by atoms with E-state index in [4.69, 9.17) is 0 Å². The zero-order chi connectivity index (χ0) is 13.8. The van der Waals surface area contributed by atoms with Crippen LogP contribution in [-0.2, 0) is 4.74 Å². The fraction of sp³-hybridized carbons (Fsp3) is 0.214. The SMILES string of the molecule is COC(=O)c1ccnc(Nc2cc(C)ccc2C)n1. The van der Waals surface area contributed by atoms with E-state index in [1.54, 1.807) is 0 Å². The van der Waals surface area contributed by atoms with Crippen molar-refractivity contribution in [3.05, 3.63) is 47.3 Å². The Kier molecular flexibility index (Phi) is 3.75. The van der Waals surface area contributed by atoms with Crippen LogP contribution in [0.25, 0.3) is 0 Å². The number of aromatic nitrogens is 2. The smallest absolute Gasteiger partial charge is 0.356 e. The van der Waals surface area contributed by atoms with Gasteiger partial charge < -0.3 is 10.1 Å². The van der Waals surface area contributed by atoms with E-state index in [0.29, 0.717) is 5.95 Å². The lowest BCUT2D eigenvalue weighted by molar-refractivity contribution is 0.0594. The van der Waals surface area contributed by atoms with E-state index in [1.165, 1.54) is 19.4 Å². The maximum atomic E-state index is 11.4. The van der Waals surface area contributed by atoms with E-state index in [9.17, 15) is 4.79 Å². The Bertz CT molecular complexity index is 611. The summed E-state index contributed by atoms with van der Waals surface area (Å²) < 4.78 is 4.63. The number of benzene rings is 1. The molecule has 19 heavy (non-hydrogen) atoms. The largest absolute Gasteiger partial charge is 0.464 e. The highest BCUT2D eigenvalue weighted by molar-refractivity contribution is 5.87. The first kappa shape index (κ1) is 13.0. The Hall–Kier alpha value is -2.43. The first-order valence-corrected chi connectivity index (χ1v) is 5.86. The first-order valence-electron chi connectivity index (χ1n) is 5.86. The van der Waals surface area contributed by atoms with Gasteiger partial charge in [-0.2, -0.15) is 0 Å². The summed E-state index contributed by atoms with van der Waals surface area (Å²) in [6.07, 6.45) is 1.52. The number of carbonyl (C=O) groups excluding carboxylic acids is 1. The normalized spacial score (nSPS) is 10.1. The molecule has 0 saturated heterocycles. The first-order chi connectivity index (χ1) is 9.10. The number of methoxy groups -OCH3 is 1. The molecule has 0 unspecified atom stereocenters. The molecule has 0 aliphatic heterocycles. The molecule has 0 radical (unpaired) electrons. The van der Waals surface area contributed by atoms with Gasteiger partial charge in [-0.3, -0.25) is 0 Å². The maximum absolute atomic E-state index is 11.4. The minimum atomic E-state index is -0.480. The zero-order valence-electron chi connectivity index (χ0n) is 11.1. The van der Waals surface area contributed by atoms with E-state index in [2.05, 4.69) is 20.0 Å². The molecule has 98 valence electrons. The van der Waals surface area contributed by atoms with Crippen LogP contribution in [0.15, 0.2) is 30.5 Å². The van der Waals surface area contributed by atoms with Crippen LogP contribution >= 0.6 is 0 Å². The highest BCUT2D eigenvalue weighted by atomic mass is 16.5. The lowest BCUT2D eigenvalue weighted by Crippen LogP contribution is -2.07. The summed E-state index contributed by atoms with van der Waals surface area (Å²) in [6.45, 7) is 4.00. The number of ether oxygens (including phenoxy) is 1. The summed E-state index contributed by atoms with van der Waals surface area (Å²) in [5, 5.41) is 3.10. The van der Waals surface area contributed by atoms with E-state index in [0.717, 1.165) is 16.8 Å². The van der Waals surface area contributed by atoms with Gasteiger partial charge in [-0.1, -0.05) is 12.1 Å². The molecule has 0 fully saturated rings. The van der Waals surface area contributed by atoms with Gasteiger partial charge in [-0.25, -0.2) is 14.8 Å². The molecule has 0 bridgehead atoms. The van der Waals surface area contributed by atoms with Gasteiger partial charge in [0.05, 0.1) is 7.11 Å². The third-order valence-corrected chi connectivity index (χ3v) is 2.69. The maximum Gasteiger partial charge on any atom is 0.356 e. The van der Waals surface area contributed by atoms with Crippen LogP contribution in [0.2, 0.25) is 0 Å². The van der Waals surface area contributed by atoms with E-state index in [-0.39, 0.29) is 5.69 Å². The summed E-state index contributed by atoms with van der Waals surface area (Å²) in [4.78, 5) is 19.6. The van der Waals surface area contributed by atoms with Crippen molar-refractivity contribution in [2.24, 2.45) is 0 Å². The van der Waals surface area contributed by atoms with Crippen molar-refractivity contribution in [2.45, 2.75) is 13.8 Å². The number of nitrogens with zero attached hydrogens (tertiary/aromatic N) is 2. The van der Waals surface area contributed by atoms with E-state index < -0.39 is 5.97 Å². The van der Waals surface area contributed by atoms with E-state index >= 15 is 0 Å². The summed E-state index contributed by atoms with van der Waals surface area (Å²) in [5.41, 5.74) is 3.36. The Morgan fingerprint density at radius 3 is 2.79 bits per heavy atom. The summed E-state index contributed by atoms with van der Waals surface area (Å²) in [5.74, 6) is -0.108. The fourth-order valence-corrected chi connectivity index (χ4v) is 1.63. The van der Waals surface area contributed by atoms with Crippen molar-refractivity contribution in [3.63, 3.8) is 0 Å². The quantitative estimate of drug-likeness (QED) is 0.856. The average Bonchev–Trinajstić information content (AvgIpc) is 2.42. The second kappa shape index (κ2) is 5.48. The number of esters is 1. The molecule has 0 aliphatic carbocycles. The predicted molar refractivity (Wildman–Crippen MR) is 72.6 cm³/mol. The number of carbonyl (C=O) groups is 1. The molecule has 1 N–H and O–H groups in total. The molecule has 2 rings (SSSR count). The van der Waals surface area contributed by atoms with Crippen LogP contribution in [-0.4, -0.2) is 23.0 Å². The number of nitrogens with one attached hydrogen (secondary N) is 1. The molecule has 5 heteroatoms.